The van der Waals surface area contributed by atoms with Crippen LogP contribution in [-0.4, -0.2) is 0 Å². The highest BCUT2D eigenvalue weighted by atomic mass is 79.9. The zero-order valence-corrected chi connectivity index (χ0v) is 22.3. The van der Waals surface area contributed by atoms with Crippen LogP contribution in [0.5, 0.6) is 0 Å². The molecular formula is C25H14BrCl2F5S2. The molecular weight excluding hydrogens is 610 g/mol. The first kappa shape index (κ1) is 26.4. The molecule has 0 aliphatic heterocycles. The largest absolute Gasteiger partial charge is 0.416 e. The molecule has 0 radical (unpaired) electrons. The number of benzene rings is 3. The maximum Gasteiger partial charge on any atom is 0.416 e. The van der Waals surface area contributed by atoms with Crippen LogP contribution in [0.4, 0.5) is 22.0 Å². The predicted octanol–water partition coefficient (Wildman–Crippen LogP) is 10.9. The Morgan fingerprint density at radius 1 is 0.743 bits per heavy atom. The van der Waals surface area contributed by atoms with Crippen molar-refractivity contribution in [2.75, 3.05) is 0 Å². The van der Waals surface area contributed by atoms with Crippen molar-refractivity contribution in [2.24, 2.45) is 0 Å². The van der Waals surface area contributed by atoms with Crippen LogP contribution < -0.4 is 0 Å². The van der Waals surface area contributed by atoms with Crippen molar-refractivity contribution >= 4 is 82.0 Å². The fourth-order valence-corrected chi connectivity index (χ4v) is 6.53. The molecule has 0 N–H and O–H groups in total. The molecule has 0 atom stereocenters. The van der Waals surface area contributed by atoms with E-state index in [1.807, 2.05) is 6.07 Å². The van der Waals surface area contributed by atoms with Gasteiger partial charge in [0.05, 0.1) is 25.0 Å². The van der Waals surface area contributed by atoms with Crippen molar-refractivity contribution in [1.82, 2.24) is 0 Å². The fourth-order valence-electron chi connectivity index (χ4n) is 3.43. The molecule has 0 fully saturated rings. The van der Waals surface area contributed by atoms with E-state index in [-0.39, 0.29) is 11.6 Å². The third-order valence-corrected chi connectivity index (χ3v) is 9.20. The predicted molar refractivity (Wildman–Crippen MR) is 140 cm³/mol. The Bertz CT molecular complexity index is 1430. The lowest BCUT2D eigenvalue weighted by molar-refractivity contribution is -0.137. The Morgan fingerprint density at radius 2 is 1.29 bits per heavy atom. The topological polar surface area (TPSA) is 0 Å². The van der Waals surface area contributed by atoms with Crippen LogP contribution in [0, 0.1) is 11.6 Å². The van der Waals surface area contributed by atoms with Gasteiger partial charge in [-0.25, -0.2) is 8.78 Å². The van der Waals surface area contributed by atoms with Crippen LogP contribution >= 0.6 is 61.8 Å². The molecule has 182 valence electrons. The Kier molecular flexibility index (Phi) is 8.08. The maximum atomic E-state index is 13.7. The van der Waals surface area contributed by atoms with Gasteiger partial charge in [0, 0.05) is 32.3 Å². The highest BCUT2D eigenvalue weighted by Gasteiger charge is 2.30. The normalized spacial score (nSPS) is 11.7. The van der Waals surface area contributed by atoms with E-state index in [1.165, 1.54) is 46.9 Å². The average molecular weight is 624 g/mol. The van der Waals surface area contributed by atoms with Gasteiger partial charge in [0.25, 0.3) is 0 Å². The van der Waals surface area contributed by atoms with Gasteiger partial charge in [0.15, 0.2) is 0 Å². The van der Waals surface area contributed by atoms with Gasteiger partial charge in [0.1, 0.15) is 11.6 Å². The van der Waals surface area contributed by atoms with E-state index in [0.717, 1.165) is 31.9 Å². The molecule has 35 heavy (non-hydrogen) atoms. The molecule has 10 heteroatoms. The molecule has 0 spiro atoms. The van der Waals surface area contributed by atoms with Gasteiger partial charge in [-0.15, -0.1) is 22.7 Å². The molecule has 2 heterocycles. The second-order valence-electron chi connectivity index (χ2n) is 7.48. The summed E-state index contributed by atoms with van der Waals surface area (Å²) >= 11 is 18.1. The summed E-state index contributed by atoms with van der Waals surface area (Å²) in [5, 5.41) is 2.82. The van der Waals surface area contributed by atoms with Gasteiger partial charge < -0.3 is 0 Å². The minimum atomic E-state index is -4.37. The van der Waals surface area contributed by atoms with Gasteiger partial charge >= 0.3 is 6.18 Å². The van der Waals surface area contributed by atoms with Crippen molar-refractivity contribution in [3.8, 4) is 0 Å². The van der Waals surface area contributed by atoms with Crippen molar-refractivity contribution in [1.29, 1.82) is 0 Å². The molecule has 5 rings (SSSR count). The third kappa shape index (κ3) is 6.00. The van der Waals surface area contributed by atoms with Gasteiger partial charge in [-0.2, -0.15) is 13.2 Å². The summed E-state index contributed by atoms with van der Waals surface area (Å²) in [6, 6.07) is 14.4. The van der Waals surface area contributed by atoms with E-state index in [2.05, 4.69) is 15.9 Å². The first-order valence-corrected chi connectivity index (χ1v) is 13.5. The van der Waals surface area contributed by atoms with Crippen LogP contribution in [0.25, 0.3) is 20.2 Å². The molecule has 0 saturated carbocycles. The smallest absolute Gasteiger partial charge is 0.206 e. The van der Waals surface area contributed by atoms with Crippen molar-refractivity contribution in [2.45, 2.75) is 17.9 Å². The van der Waals surface area contributed by atoms with Crippen LogP contribution in [0.2, 0.25) is 10.0 Å². The lowest BCUT2D eigenvalue weighted by atomic mass is 10.1. The number of fused-ring (bicyclic) bond motifs is 2. The average Bonchev–Trinajstić information content (AvgIpc) is 3.45. The van der Waals surface area contributed by atoms with E-state index in [0.29, 0.717) is 37.5 Å². The van der Waals surface area contributed by atoms with E-state index < -0.39 is 11.7 Å². The molecule has 0 bridgehead atoms. The third-order valence-electron chi connectivity index (χ3n) is 5.03. The van der Waals surface area contributed by atoms with Gasteiger partial charge in [-0.05, 0) is 48.0 Å². The molecule has 0 nitrogen and oxygen atoms in total. The highest BCUT2D eigenvalue weighted by molar-refractivity contribution is 9.08. The summed E-state index contributed by atoms with van der Waals surface area (Å²) in [4.78, 5) is 1.85. The number of thiophene rings is 2. The monoisotopic (exact) mass is 622 g/mol. The Labute approximate surface area is 224 Å². The van der Waals surface area contributed by atoms with E-state index in [1.54, 1.807) is 18.2 Å². The number of rotatable bonds is 3. The number of hydrogen-bond donors (Lipinski definition) is 0. The van der Waals surface area contributed by atoms with Crippen molar-refractivity contribution < 1.29 is 22.0 Å². The molecule has 0 unspecified atom stereocenters. The number of halogens is 8. The van der Waals surface area contributed by atoms with Crippen LogP contribution in [0.15, 0.2) is 60.7 Å². The summed E-state index contributed by atoms with van der Waals surface area (Å²) in [5.41, 5.74) is -0.159. The van der Waals surface area contributed by atoms with Gasteiger partial charge in [-0.3, -0.25) is 0 Å². The quantitative estimate of drug-likeness (QED) is 0.138. The molecule has 0 amide bonds. The summed E-state index contributed by atoms with van der Waals surface area (Å²) in [6.07, 6.45) is -4.06. The van der Waals surface area contributed by atoms with Gasteiger partial charge in [0.2, 0.25) is 0 Å². The van der Waals surface area contributed by atoms with E-state index in [9.17, 15) is 22.0 Å². The Morgan fingerprint density at radius 3 is 1.80 bits per heavy atom. The number of hydrogen-bond acceptors (Lipinski definition) is 2. The van der Waals surface area contributed by atoms with E-state index >= 15 is 0 Å². The first-order chi connectivity index (χ1) is 16.6. The highest BCUT2D eigenvalue weighted by Crippen LogP contribution is 2.36. The Balaban J connectivity index is 0.000000189. The van der Waals surface area contributed by atoms with E-state index in [4.69, 9.17) is 23.2 Å². The maximum absolute atomic E-state index is 13.7. The number of alkyl halides is 4. The zero-order valence-electron chi connectivity index (χ0n) is 17.5. The molecule has 3 aromatic carbocycles. The summed E-state index contributed by atoms with van der Waals surface area (Å²) in [6.45, 7) is 0. The van der Waals surface area contributed by atoms with Crippen LogP contribution in [0.1, 0.15) is 20.9 Å². The zero-order chi connectivity index (χ0) is 25.3. The first-order valence-electron chi connectivity index (χ1n) is 10.0. The minimum Gasteiger partial charge on any atom is -0.206 e. The van der Waals surface area contributed by atoms with Gasteiger partial charge in [-0.1, -0.05) is 57.3 Å². The summed E-state index contributed by atoms with van der Waals surface area (Å²) in [7, 11) is 0. The molecule has 0 saturated heterocycles. The SMILES string of the molecule is Fc1ccc(Cl)c2sc(CBr)cc12.Fc1ccc(Cl)c2sc(Cc3cccc(C(F)(F)F)c3)cc12. The minimum absolute atomic E-state index is 0.206. The summed E-state index contributed by atoms with van der Waals surface area (Å²) in [5.74, 6) is -0.589. The molecule has 0 aliphatic carbocycles. The molecule has 2 aromatic heterocycles. The van der Waals surface area contributed by atoms with Crippen LogP contribution in [-0.2, 0) is 17.9 Å². The lowest BCUT2D eigenvalue weighted by Crippen LogP contribution is -2.05. The molecule has 0 aliphatic rings. The van der Waals surface area contributed by atoms with Crippen molar-refractivity contribution in [3.05, 3.63) is 103 Å². The Hall–Kier alpha value is -1.71. The summed E-state index contributed by atoms with van der Waals surface area (Å²) < 4.78 is 66.6. The van der Waals surface area contributed by atoms with Crippen molar-refractivity contribution in [3.63, 3.8) is 0 Å². The lowest BCUT2D eigenvalue weighted by Gasteiger charge is -2.08. The van der Waals surface area contributed by atoms with Crippen LogP contribution in [0.3, 0.4) is 0 Å². The second kappa shape index (κ2) is 10.7. The second-order valence-corrected chi connectivity index (χ2v) is 11.1. The molecule has 5 aromatic rings. The standard InChI is InChI=1S/C16H9ClF4S.C9H5BrClFS/c17-13-4-5-14(18)12-8-11(22-15(12)13)7-9-2-1-3-10(6-9)16(19,20)21;10-4-5-3-6-8(12)2-1-7(11)9(6)13-5/h1-6,8H,7H2;1-3H,4H2. The fraction of sp³-hybridized carbons (Fsp3) is 0.120.